The van der Waals surface area contributed by atoms with E-state index < -0.39 is 0 Å². The molecule has 0 saturated heterocycles. The maximum atomic E-state index is 12.9. The van der Waals surface area contributed by atoms with E-state index >= 15 is 0 Å². The zero-order valence-corrected chi connectivity index (χ0v) is 17.0. The van der Waals surface area contributed by atoms with Gasteiger partial charge in [-0.2, -0.15) is 0 Å². The van der Waals surface area contributed by atoms with Gasteiger partial charge in [0, 0.05) is 18.1 Å². The number of carbonyl (C=O) groups excluding carboxylic acids is 1. The Bertz CT molecular complexity index is 1090. The molecule has 1 amide bonds. The number of hydrogen-bond acceptors (Lipinski definition) is 6. The van der Waals surface area contributed by atoms with Crippen molar-refractivity contribution in [3.8, 4) is 0 Å². The zero-order valence-electron chi connectivity index (χ0n) is 14.6. The first-order valence-electron chi connectivity index (χ1n) is 8.59. The molecule has 0 spiro atoms. The van der Waals surface area contributed by atoms with Gasteiger partial charge in [0.25, 0.3) is 5.56 Å². The highest BCUT2D eigenvalue weighted by Gasteiger charge is 2.21. The lowest BCUT2D eigenvalue weighted by atomic mass is 9.97. The predicted molar refractivity (Wildman–Crippen MR) is 110 cm³/mol. The Labute approximate surface area is 169 Å². The van der Waals surface area contributed by atoms with Crippen molar-refractivity contribution in [2.45, 2.75) is 30.8 Å². The molecule has 0 aromatic carbocycles. The molecule has 1 aliphatic carbocycles. The van der Waals surface area contributed by atoms with E-state index in [9.17, 15) is 9.59 Å². The fraction of sp³-hybridized carbons (Fsp3) is 0.333. The summed E-state index contributed by atoms with van der Waals surface area (Å²) in [6, 6.07) is 3.39. The number of fused-ring (bicyclic) bond motifs is 3. The molecule has 0 unspecified atom stereocenters. The number of nitrogens with zero attached hydrogens (tertiary/aromatic N) is 3. The molecule has 6 nitrogen and oxygen atoms in total. The average Bonchev–Trinajstić information content (AvgIpc) is 3.04. The number of hydrogen-bond donors (Lipinski definition) is 1. The van der Waals surface area contributed by atoms with E-state index in [4.69, 9.17) is 11.6 Å². The summed E-state index contributed by atoms with van der Waals surface area (Å²) in [7, 11) is 1.71. The van der Waals surface area contributed by atoms with E-state index in [1.54, 1.807) is 41.3 Å². The van der Waals surface area contributed by atoms with E-state index in [1.807, 2.05) is 0 Å². The molecule has 0 fully saturated rings. The largest absolute Gasteiger partial charge is 0.323 e. The zero-order chi connectivity index (χ0) is 19.0. The maximum absolute atomic E-state index is 12.9. The molecule has 3 aromatic heterocycles. The number of amides is 1. The van der Waals surface area contributed by atoms with Crippen molar-refractivity contribution in [1.29, 1.82) is 0 Å². The molecule has 3 heterocycles. The number of thiophene rings is 1. The average molecular weight is 421 g/mol. The maximum Gasteiger partial charge on any atom is 0.262 e. The van der Waals surface area contributed by atoms with Gasteiger partial charge in [0.2, 0.25) is 5.91 Å². The van der Waals surface area contributed by atoms with Crippen LogP contribution >= 0.6 is 34.7 Å². The molecule has 27 heavy (non-hydrogen) atoms. The number of halogens is 1. The summed E-state index contributed by atoms with van der Waals surface area (Å²) in [5.74, 6) is -0.100. The van der Waals surface area contributed by atoms with Crippen molar-refractivity contribution in [1.82, 2.24) is 14.5 Å². The lowest BCUT2D eigenvalue weighted by Crippen LogP contribution is -2.22. The first-order valence-corrected chi connectivity index (χ1v) is 10.8. The molecule has 9 heteroatoms. The van der Waals surface area contributed by atoms with E-state index in [1.165, 1.54) is 28.6 Å². The smallest absolute Gasteiger partial charge is 0.262 e. The van der Waals surface area contributed by atoms with Crippen molar-refractivity contribution in [2.75, 3.05) is 11.1 Å². The summed E-state index contributed by atoms with van der Waals surface area (Å²) in [5, 5.41) is 4.27. The lowest BCUT2D eigenvalue weighted by molar-refractivity contribution is -0.113. The van der Waals surface area contributed by atoms with Crippen LogP contribution in [0.15, 0.2) is 28.3 Å². The Hall–Kier alpha value is -1.90. The number of pyridine rings is 1. The van der Waals surface area contributed by atoms with Crippen LogP contribution in [-0.4, -0.2) is 26.2 Å². The summed E-state index contributed by atoms with van der Waals surface area (Å²) >= 11 is 8.81. The fourth-order valence-corrected chi connectivity index (χ4v) is 5.43. The minimum absolute atomic E-state index is 0.0300. The summed E-state index contributed by atoms with van der Waals surface area (Å²) in [5.41, 5.74) is 1.61. The van der Waals surface area contributed by atoms with Crippen LogP contribution in [0.4, 0.5) is 5.69 Å². The second kappa shape index (κ2) is 7.61. The van der Waals surface area contributed by atoms with Gasteiger partial charge in [-0.05, 0) is 43.4 Å². The van der Waals surface area contributed by atoms with Crippen molar-refractivity contribution >= 4 is 56.5 Å². The Balaban J connectivity index is 1.55. The van der Waals surface area contributed by atoms with Gasteiger partial charge in [-0.3, -0.25) is 14.2 Å². The first-order chi connectivity index (χ1) is 13.0. The molecule has 0 aliphatic heterocycles. The van der Waals surface area contributed by atoms with E-state index in [0.29, 0.717) is 10.8 Å². The number of aromatic nitrogens is 3. The second-order valence-electron chi connectivity index (χ2n) is 6.33. The number of carbonyl (C=O) groups is 1. The van der Waals surface area contributed by atoms with Crippen LogP contribution in [0.5, 0.6) is 0 Å². The Kier molecular flexibility index (Phi) is 5.21. The van der Waals surface area contributed by atoms with Crippen molar-refractivity contribution in [2.24, 2.45) is 7.05 Å². The van der Waals surface area contributed by atoms with Crippen molar-refractivity contribution < 1.29 is 4.79 Å². The Morgan fingerprint density at radius 1 is 1.41 bits per heavy atom. The van der Waals surface area contributed by atoms with Gasteiger partial charge >= 0.3 is 0 Å². The van der Waals surface area contributed by atoms with Crippen LogP contribution in [-0.2, 0) is 24.7 Å². The third-order valence-corrected chi connectivity index (χ3v) is 7.04. The summed E-state index contributed by atoms with van der Waals surface area (Å²) in [6.45, 7) is 0. The molecule has 140 valence electrons. The minimum atomic E-state index is -0.227. The topological polar surface area (TPSA) is 76.9 Å². The van der Waals surface area contributed by atoms with Gasteiger partial charge < -0.3 is 5.32 Å². The molecule has 1 aliphatic rings. The lowest BCUT2D eigenvalue weighted by Gasteiger charge is -2.11. The van der Waals surface area contributed by atoms with Crippen LogP contribution in [0.1, 0.15) is 23.3 Å². The van der Waals surface area contributed by atoms with Crippen molar-refractivity contribution in [3.63, 3.8) is 0 Å². The normalized spacial score (nSPS) is 13.6. The molecule has 3 aromatic rings. The molecule has 1 N–H and O–H groups in total. The molecule has 0 bridgehead atoms. The van der Waals surface area contributed by atoms with Gasteiger partial charge in [-0.1, -0.05) is 23.4 Å². The van der Waals surface area contributed by atoms with Gasteiger partial charge in [-0.25, -0.2) is 9.97 Å². The van der Waals surface area contributed by atoms with Crippen LogP contribution in [0.25, 0.3) is 10.2 Å². The quantitative estimate of drug-likeness (QED) is 0.396. The van der Waals surface area contributed by atoms with Gasteiger partial charge in [-0.15, -0.1) is 11.3 Å². The fourth-order valence-electron chi connectivity index (χ4n) is 3.19. The number of aryl methyl sites for hydroxylation is 2. The summed E-state index contributed by atoms with van der Waals surface area (Å²) in [4.78, 5) is 35.7. The number of rotatable bonds is 4. The predicted octanol–water partition coefficient (Wildman–Crippen LogP) is 3.65. The third kappa shape index (κ3) is 3.61. The van der Waals surface area contributed by atoms with Gasteiger partial charge in [0.05, 0.1) is 16.8 Å². The SMILES string of the molecule is Cn1c(SCC(=O)Nc2cccnc2Cl)nc2sc3c(c2c1=O)CCCC3. The Morgan fingerprint density at radius 3 is 3.04 bits per heavy atom. The molecule has 0 radical (unpaired) electrons. The van der Waals surface area contributed by atoms with E-state index in [-0.39, 0.29) is 22.4 Å². The molecular formula is C18H17ClN4O2S2. The van der Waals surface area contributed by atoms with Crippen LogP contribution in [0.2, 0.25) is 5.15 Å². The second-order valence-corrected chi connectivity index (χ2v) is 8.71. The number of thioether (sulfide) groups is 1. The molecule has 0 saturated carbocycles. The standard InChI is InChI=1S/C18H17ClN4O2S2/c1-23-17(25)14-10-5-2-3-7-12(10)27-16(14)22-18(23)26-9-13(24)21-11-6-4-8-20-15(11)19/h4,6,8H,2-3,5,7,9H2,1H3,(H,21,24). The van der Waals surface area contributed by atoms with Crippen LogP contribution < -0.4 is 10.9 Å². The number of nitrogens with one attached hydrogen (secondary N) is 1. The van der Waals surface area contributed by atoms with E-state index in [2.05, 4.69) is 15.3 Å². The van der Waals surface area contributed by atoms with Crippen LogP contribution in [0.3, 0.4) is 0 Å². The monoisotopic (exact) mass is 420 g/mol. The van der Waals surface area contributed by atoms with Gasteiger partial charge in [0.1, 0.15) is 4.83 Å². The molecule has 4 rings (SSSR count). The minimum Gasteiger partial charge on any atom is -0.323 e. The highest BCUT2D eigenvalue weighted by molar-refractivity contribution is 7.99. The highest BCUT2D eigenvalue weighted by atomic mass is 35.5. The van der Waals surface area contributed by atoms with Gasteiger partial charge in [0.15, 0.2) is 10.3 Å². The van der Waals surface area contributed by atoms with Crippen molar-refractivity contribution in [3.05, 3.63) is 44.3 Å². The molecular weight excluding hydrogens is 404 g/mol. The summed E-state index contributed by atoms with van der Waals surface area (Å²) in [6.07, 6.45) is 5.82. The highest BCUT2D eigenvalue weighted by Crippen LogP contribution is 2.34. The van der Waals surface area contributed by atoms with Crippen LogP contribution in [0, 0.1) is 0 Å². The first kappa shape index (κ1) is 18.5. The third-order valence-electron chi connectivity index (χ3n) is 4.52. The Morgan fingerprint density at radius 2 is 2.22 bits per heavy atom. The molecule has 0 atom stereocenters. The van der Waals surface area contributed by atoms with E-state index in [0.717, 1.165) is 29.5 Å². The summed E-state index contributed by atoms with van der Waals surface area (Å²) < 4.78 is 1.54. The number of anilines is 1.